The van der Waals surface area contributed by atoms with E-state index in [1.54, 1.807) is 35.2 Å². The van der Waals surface area contributed by atoms with Gasteiger partial charge in [-0.3, -0.25) is 18.9 Å². The Morgan fingerprint density at radius 3 is 2.71 bits per heavy atom. The van der Waals surface area contributed by atoms with E-state index in [4.69, 9.17) is 11.6 Å². The third-order valence-corrected chi connectivity index (χ3v) is 10.1. The molecular formula is C32H31ClN6O2S. The summed E-state index contributed by atoms with van der Waals surface area (Å²) in [5.41, 5.74) is 3.44. The molecule has 1 aliphatic heterocycles. The molecule has 214 valence electrons. The zero-order valence-electron chi connectivity index (χ0n) is 23.4. The molecule has 1 aliphatic carbocycles. The summed E-state index contributed by atoms with van der Waals surface area (Å²) in [6, 6.07) is 12.6. The second-order valence-electron chi connectivity index (χ2n) is 11.8. The van der Waals surface area contributed by atoms with Crippen LogP contribution in [0.15, 0.2) is 58.5 Å². The molecule has 1 saturated carbocycles. The van der Waals surface area contributed by atoms with E-state index < -0.39 is 5.41 Å². The molecule has 7 rings (SSSR count). The highest BCUT2D eigenvalue weighted by Crippen LogP contribution is 2.41. The molecule has 1 aromatic carbocycles. The number of aryl methyl sites for hydroxylation is 1. The van der Waals surface area contributed by atoms with E-state index in [0.29, 0.717) is 29.6 Å². The summed E-state index contributed by atoms with van der Waals surface area (Å²) in [5.74, 6) is 0.524. The Morgan fingerprint density at radius 2 is 1.95 bits per heavy atom. The quantitative estimate of drug-likeness (QED) is 0.265. The fraction of sp³-hybridized carbons (Fsp3) is 0.375. The van der Waals surface area contributed by atoms with Gasteiger partial charge in [-0.2, -0.15) is 5.26 Å². The zero-order valence-corrected chi connectivity index (χ0v) is 25.0. The van der Waals surface area contributed by atoms with Gasteiger partial charge in [-0.1, -0.05) is 11.6 Å². The minimum atomic E-state index is -0.425. The van der Waals surface area contributed by atoms with Crippen molar-refractivity contribution in [2.45, 2.75) is 52.2 Å². The standard InChI is InChI=1S/C32H31ClN6O2S/c1-20-15-38(16-21-2-3-21)31(41)39(30(20)40)17-24-14-27-29(42-24)25(4-8-36-27)26-13-23(33)12-22-5-11-37(28(22)26)19-32(18-34)6-9-35-10-7-32/h4-5,8,11-15,21,35H,2-3,6-7,9-10,16-17,19H2,1H3. The van der Waals surface area contributed by atoms with Gasteiger partial charge in [-0.15, -0.1) is 11.3 Å². The van der Waals surface area contributed by atoms with Crippen molar-refractivity contribution in [1.29, 1.82) is 5.26 Å². The average Bonchev–Trinajstić information content (AvgIpc) is 3.57. The van der Waals surface area contributed by atoms with Crippen molar-refractivity contribution in [1.82, 2.24) is 24.0 Å². The third kappa shape index (κ3) is 4.87. The van der Waals surface area contributed by atoms with Gasteiger partial charge >= 0.3 is 5.69 Å². The molecule has 1 N–H and O–H groups in total. The van der Waals surface area contributed by atoms with Gasteiger partial charge in [-0.25, -0.2) is 4.79 Å². The molecule has 2 fully saturated rings. The largest absolute Gasteiger partial charge is 0.345 e. The molecule has 0 spiro atoms. The van der Waals surface area contributed by atoms with Gasteiger partial charge in [0.2, 0.25) is 0 Å². The summed E-state index contributed by atoms with van der Waals surface area (Å²) >= 11 is 8.19. The Hall–Kier alpha value is -3.71. The SMILES string of the molecule is Cc1cn(CC2CC2)c(=O)n(Cc2cc3nccc(-c4cc(Cl)cc5ccn(CC6(C#N)CCNCC6)c45)c3s2)c1=O. The number of hydrogen-bond acceptors (Lipinski definition) is 6. The molecule has 8 nitrogen and oxygen atoms in total. The fourth-order valence-electron chi connectivity index (χ4n) is 6.27. The van der Waals surface area contributed by atoms with Crippen LogP contribution in [-0.4, -0.2) is 31.8 Å². The number of nitriles is 1. The zero-order chi connectivity index (χ0) is 29.0. The number of hydrogen-bond donors (Lipinski definition) is 1. The van der Waals surface area contributed by atoms with E-state index in [-0.39, 0.29) is 17.8 Å². The van der Waals surface area contributed by atoms with Gasteiger partial charge in [0.05, 0.1) is 33.8 Å². The minimum Gasteiger partial charge on any atom is -0.345 e. The number of piperidine rings is 1. The number of benzene rings is 1. The van der Waals surface area contributed by atoms with Gasteiger partial charge in [0, 0.05) is 63.7 Å². The smallest absolute Gasteiger partial charge is 0.331 e. The molecule has 0 amide bonds. The molecule has 5 aromatic rings. The van der Waals surface area contributed by atoms with Crippen LogP contribution in [0.3, 0.4) is 0 Å². The Labute approximate surface area is 251 Å². The van der Waals surface area contributed by atoms with E-state index in [2.05, 4.69) is 33.2 Å². The lowest BCUT2D eigenvalue weighted by Gasteiger charge is -2.32. The molecule has 5 heterocycles. The first-order valence-electron chi connectivity index (χ1n) is 14.4. The number of fused-ring (bicyclic) bond motifs is 2. The number of nitrogens with zero attached hydrogens (tertiary/aromatic N) is 5. The maximum absolute atomic E-state index is 13.3. The highest BCUT2D eigenvalue weighted by Gasteiger charge is 2.33. The Kier molecular flexibility index (Phi) is 6.81. The van der Waals surface area contributed by atoms with Crippen molar-refractivity contribution in [3.63, 3.8) is 0 Å². The molecule has 10 heteroatoms. The van der Waals surface area contributed by atoms with Crippen molar-refractivity contribution >= 4 is 44.1 Å². The normalized spacial score (nSPS) is 16.7. The van der Waals surface area contributed by atoms with Crippen molar-refractivity contribution in [2.24, 2.45) is 11.3 Å². The maximum Gasteiger partial charge on any atom is 0.331 e. The first kappa shape index (κ1) is 27.1. The predicted octanol–water partition coefficient (Wildman–Crippen LogP) is 5.55. The molecular weight excluding hydrogens is 568 g/mol. The Bertz CT molecular complexity index is 2000. The number of rotatable bonds is 7. The van der Waals surface area contributed by atoms with Crippen LogP contribution < -0.4 is 16.6 Å². The first-order valence-corrected chi connectivity index (χ1v) is 15.6. The Morgan fingerprint density at radius 1 is 1.14 bits per heavy atom. The summed E-state index contributed by atoms with van der Waals surface area (Å²) in [6.07, 6.45) is 9.42. The highest BCUT2D eigenvalue weighted by molar-refractivity contribution is 7.19. The van der Waals surface area contributed by atoms with Gasteiger partial charge in [-0.05, 0) is 81.9 Å². The number of halogens is 1. The van der Waals surface area contributed by atoms with E-state index in [0.717, 1.165) is 75.9 Å². The lowest BCUT2D eigenvalue weighted by atomic mass is 9.80. The van der Waals surface area contributed by atoms with E-state index in [9.17, 15) is 14.9 Å². The number of thiophene rings is 1. The predicted molar refractivity (Wildman–Crippen MR) is 167 cm³/mol. The molecule has 42 heavy (non-hydrogen) atoms. The molecule has 0 atom stereocenters. The highest BCUT2D eigenvalue weighted by atomic mass is 35.5. The maximum atomic E-state index is 13.3. The number of aromatic nitrogens is 4. The van der Waals surface area contributed by atoms with Crippen molar-refractivity contribution in [3.05, 3.63) is 85.2 Å². The van der Waals surface area contributed by atoms with Gasteiger partial charge in [0.15, 0.2) is 0 Å². The van der Waals surface area contributed by atoms with Crippen molar-refractivity contribution in [2.75, 3.05) is 13.1 Å². The molecule has 0 bridgehead atoms. The minimum absolute atomic E-state index is 0.199. The summed E-state index contributed by atoms with van der Waals surface area (Å²) in [5, 5.41) is 15.2. The van der Waals surface area contributed by atoms with Crippen LogP contribution in [0.25, 0.3) is 32.2 Å². The van der Waals surface area contributed by atoms with Crippen LogP contribution in [0.4, 0.5) is 0 Å². The molecule has 0 radical (unpaired) electrons. The molecule has 4 aromatic heterocycles. The number of pyridine rings is 1. The molecule has 2 aliphatic rings. The van der Waals surface area contributed by atoms with Gasteiger partial charge < -0.3 is 9.88 Å². The topological polar surface area (TPSA) is 97.6 Å². The van der Waals surface area contributed by atoms with Crippen LogP contribution in [0, 0.1) is 29.6 Å². The summed E-state index contributed by atoms with van der Waals surface area (Å²) in [6.45, 7) is 4.91. The molecule has 0 unspecified atom stereocenters. The lowest BCUT2D eigenvalue weighted by molar-refractivity contribution is 0.247. The van der Waals surface area contributed by atoms with Crippen LogP contribution in [-0.2, 0) is 19.6 Å². The van der Waals surface area contributed by atoms with Crippen LogP contribution in [0.1, 0.15) is 36.1 Å². The average molecular weight is 599 g/mol. The third-order valence-electron chi connectivity index (χ3n) is 8.72. The lowest BCUT2D eigenvalue weighted by Crippen LogP contribution is -2.41. The van der Waals surface area contributed by atoms with Crippen molar-refractivity contribution < 1.29 is 0 Å². The second-order valence-corrected chi connectivity index (χ2v) is 13.4. The number of nitrogens with one attached hydrogen (secondary N) is 1. The van der Waals surface area contributed by atoms with Gasteiger partial charge in [0.1, 0.15) is 0 Å². The van der Waals surface area contributed by atoms with Gasteiger partial charge in [0.25, 0.3) is 5.56 Å². The molecule has 1 saturated heterocycles. The van der Waals surface area contributed by atoms with E-state index in [1.165, 1.54) is 4.57 Å². The Balaban J connectivity index is 1.32. The van der Waals surface area contributed by atoms with Crippen LogP contribution >= 0.6 is 22.9 Å². The van der Waals surface area contributed by atoms with Crippen LogP contribution in [0.2, 0.25) is 5.02 Å². The van der Waals surface area contributed by atoms with E-state index in [1.807, 2.05) is 24.3 Å². The summed E-state index contributed by atoms with van der Waals surface area (Å²) in [4.78, 5) is 31.9. The summed E-state index contributed by atoms with van der Waals surface area (Å²) in [7, 11) is 0. The van der Waals surface area contributed by atoms with Crippen molar-refractivity contribution in [3.8, 4) is 17.2 Å². The fourth-order valence-corrected chi connectivity index (χ4v) is 7.62. The monoisotopic (exact) mass is 598 g/mol. The second kappa shape index (κ2) is 10.5. The summed E-state index contributed by atoms with van der Waals surface area (Å²) < 4.78 is 6.22. The first-order chi connectivity index (χ1) is 20.3. The van der Waals surface area contributed by atoms with Crippen LogP contribution in [0.5, 0.6) is 0 Å². The van der Waals surface area contributed by atoms with E-state index >= 15 is 0 Å².